The van der Waals surface area contributed by atoms with E-state index < -0.39 is 0 Å². The molecule has 0 aliphatic carbocycles. The van der Waals surface area contributed by atoms with E-state index in [-0.39, 0.29) is 5.91 Å². The van der Waals surface area contributed by atoms with E-state index in [9.17, 15) is 4.79 Å². The maximum atomic E-state index is 12.1. The SMILES string of the molecule is CCCCc1ccc(NC(=O)/C=C/c2ccc(OC)cc2OC)cc1. The van der Waals surface area contributed by atoms with Crippen LogP contribution in [-0.4, -0.2) is 20.1 Å². The Kier molecular flexibility index (Phi) is 7.08. The molecule has 0 radical (unpaired) electrons. The maximum absolute atomic E-state index is 12.1. The maximum Gasteiger partial charge on any atom is 0.248 e. The molecule has 0 unspecified atom stereocenters. The molecule has 0 aromatic heterocycles. The van der Waals surface area contributed by atoms with Crippen molar-refractivity contribution in [1.82, 2.24) is 0 Å². The lowest BCUT2D eigenvalue weighted by molar-refractivity contribution is -0.111. The van der Waals surface area contributed by atoms with Gasteiger partial charge in [-0.05, 0) is 48.7 Å². The highest BCUT2D eigenvalue weighted by atomic mass is 16.5. The van der Waals surface area contributed by atoms with Crippen molar-refractivity contribution < 1.29 is 14.3 Å². The van der Waals surface area contributed by atoms with Gasteiger partial charge in [-0.25, -0.2) is 0 Å². The van der Waals surface area contributed by atoms with Crippen LogP contribution in [-0.2, 0) is 11.2 Å². The van der Waals surface area contributed by atoms with Crippen LogP contribution in [0.15, 0.2) is 48.5 Å². The number of benzene rings is 2. The molecule has 1 N–H and O–H groups in total. The molecule has 0 atom stereocenters. The van der Waals surface area contributed by atoms with Crippen molar-refractivity contribution in [1.29, 1.82) is 0 Å². The molecule has 0 saturated carbocycles. The van der Waals surface area contributed by atoms with E-state index in [1.807, 2.05) is 24.3 Å². The molecule has 0 heterocycles. The van der Waals surface area contributed by atoms with E-state index in [1.165, 1.54) is 24.5 Å². The smallest absolute Gasteiger partial charge is 0.248 e. The van der Waals surface area contributed by atoms with Gasteiger partial charge < -0.3 is 14.8 Å². The Hall–Kier alpha value is -2.75. The highest BCUT2D eigenvalue weighted by Crippen LogP contribution is 2.25. The van der Waals surface area contributed by atoms with Crippen molar-refractivity contribution in [3.8, 4) is 11.5 Å². The first kappa shape index (κ1) is 18.6. The summed E-state index contributed by atoms with van der Waals surface area (Å²) < 4.78 is 10.5. The number of methoxy groups -OCH3 is 2. The number of aryl methyl sites for hydroxylation is 1. The van der Waals surface area contributed by atoms with Crippen molar-refractivity contribution in [2.75, 3.05) is 19.5 Å². The number of ether oxygens (including phenoxy) is 2. The van der Waals surface area contributed by atoms with Gasteiger partial charge in [0.15, 0.2) is 0 Å². The summed E-state index contributed by atoms with van der Waals surface area (Å²) in [7, 11) is 3.19. The minimum Gasteiger partial charge on any atom is -0.497 e. The fraction of sp³-hybridized carbons (Fsp3) is 0.286. The Bertz CT molecular complexity index is 720. The number of anilines is 1. The Morgan fingerprint density at radius 3 is 2.48 bits per heavy atom. The molecule has 0 aliphatic heterocycles. The highest BCUT2D eigenvalue weighted by molar-refractivity contribution is 6.02. The molecule has 0 bridgehead atoms. The summed E-state index contributed by atoms with van der Waals surface area (Å²) in [5, 5.41) is 2.86. The molecule has 2 aromatic carbocycles. The van der Waals surface area contributed by atoms with Gasteiger partial charge in [-0.15, -0.1) is 0 Å². The van der Waals surface area contributed by atoms with Crippen LogP contribution in [0.4, 0.5) is 5.69 Å². The van der Waals surface area contributed by atoms with Gasteiger partial charge in [0.2, 0.25) is 5.91 Å². The minimum absolute atomic E-state index is 0.181. The van der Waals surface area contributed by atoms with Crippen LogP contribution in [0.25, 0.3) is 6.08 Å². The normalized spacial score (nSPS) is 10.7. The fourth-order valence-electron chi connectivity index (χ4n) is 2.44. The van der Waals surface area contributed by atoms with Gasteiger partial charge in [-0.1, -0.05) is 25.5 Å². The lowest BCUT2D eigenvalue weighted by atomic mass is 10.1. The van der Waals surface area contributed by atoms with Gasteiger partial charge in [0, 0.05) is 23.4 Å². The lowest BCUT2D eigenvalue weighted by Gasteiger charge is -2.07. The molecule has 0 spiro atoms. The topological polar surface area (TPSA) is 47.6 Å². The first-order valence-electron chi connectivity index (χ1n) is 8.46. The molecule has 132 valence electrons. The number of hydrogen-bond donors (Lipinski definition) is 1. The number of carbonyl (C=O) groups is 1. The van der Waals surface area contributed by atoms with E-state index in [4.69, 9.17) is 9.47 Å². The molecule has 4 nitrogen and oxygen atoms in total. The van der Waals surface area contributed by atoms with Crippen molar-refractivity contribution in [3.63, 3.8) is 0 Å². The second-order valence-electron chi connectivity index (χ2n) is 5.73. The predicted octanol–water partition coefficient (Wildman–Crippen LogP) is 4.70. The Balaban J connectivity index is 1.98. The first-order valence-corrected chi connectivity index (χ1v) is 8.46. The average molecular weight is 339 g/mol. The number of unbranched alkanes of at least 4 members (excludes halogenated alkanes) is 1. The molecule has 0 fully saturated rings. The van der Waals surface area contributed by atoms with Crippen LogP contribution in [0, 0.1) is 0 Å². The average Bonchev–Trinajstić information content (AvgIpc) is 2.65. The Labute approximate surface area is 149 Å². The van der Waals surface area contributed by atoms with E-state index in [2.05, 4.69) is 24.4 Å². The Morgan fingerprint density at radius 1 is 1.08 bits per heavy atom. The molecule has 4 heteroatoms. The third-order valence-corrected chi connectivity index (χ3v) is 3.90. The highest BCUT2D eigenvalue weighted by Gasteiger charge is 2.03. The van der Waals surface area contributed by atoms with Gasteiger partial charge in [0.1, 0.15) is 11.5 Å². The quantitative estimate of drug-likeness (QED) is 0.709. The summed E-state index contributed by atoms with van der Waals surface area (Å²) in [6, 6.07) is 13.4. The number of nitrogens with one attached hydrogen (secondary N) is 1. The second-order valence-corrected chi connectivity index (χ2v) is 5.73. The summed E-state index contributed by atoms with van der Waals surface area (Å²) in [6.07, 6.45) is 6.65. The van der Waals surface area contributed by atoms with E-state index in [0.29, 0.717) is 11.5 Å². The van der Waals surface area contributed by atoms with Crippen LogP contribution in [0.2, 0.25) is 0 Å². The van der Waals surface area contributed by atoms with Crippen LogP contribution in [0.3, 0.4) is 0 Å². The third-order valence-electron chi connectivity index (χ3n) is 3.90. The summed E-state index contributed by atoms with van der Waals surface area (Å²) in [5.74, 6) is 1.18. The summed E-state index contributed by atoms with van der Waals surface area (Å²) >= 11 is 0. The largest absolute Gasteiger partial charge is 0.497 e. The van der Waals surface area contributed by atoms with Gasteiger partial charge in [-0.3, -0.25) is 4.79 Å². The van der Waals surface area contributed by atoms with E-state index >= 15 is 0 Å². The minimum atomic E-state index is -0.181. The Morgan fingerprint density at radius 2 is 1.84 bits per heavy atom. The van der Waals surface area contributed by atoms with E-state index in [0.717, 1.165) is 17.7 Å². The zero-order valence-electron chi connectivity index (χ0n) is 15.0. The zero-order valence-corrected chi connectivity index (χ0v) is 15.0. The summed E-state index contributed by atoms with van der Waals surface area (Å²) in [4.78, 5) is 12.1. The van der Waals surface area contributed by atoms with Crippen LogP contribution in [0.1, 0.15) is 30.9 Å². The summed E-state index contributed by atoms with van der Waals surface area (Å²) in [6.45, 7) is 2.18. The molecule has 2 rings (SSSR count). The predicted molar refractivity (Wildman–Crippen MR) is 102 cm³/mol. The fourth-order valence-corrected chi connectivity index (χ4v) is 2.44. The molecule has 0 aliphatic rings. The van der Waals surface area contributed by atoms with Gasteiger partial charge in [0.25, 0.3) is 0 Å². The van der Waals surface area contributed by atoms with Crippen molar-refractivity contribution in [2.24, 2.45) is 0 Å². The first-order chi connectivity index (χ1) is 12.2. The second kappa shape index (κ2) is 9.52. The van der Waals surface area contributed by atoms with Gasteiger partial charge >= 0.3 is 0 Å². The van der Waals surface area contributed by atoms with Crippen LogP contribution in [0.5, 0.6) is 11.5 Å². The van der Waals surface area contributed by atoms with Crippen LogP contribution < -0.4 is 14.8 Å². The molecule has 2 aromatic rings. The monoisotopic (exact) mass is 339 g/mol. The number of rotatable bonds is 8. The number of hydrogen-bond acceptors (Lipinski definition) is 3. The number of carbonyl (C=O) groups excluding carboxylic acids is 1. The molecule has 25 heavy (non-hydrogen) atoms. The lowest BCUT2D eigenvalue weighted by Crippen LogP contribution is -2.07. The summed E-state index contributed by atoms with van der Waals surface area (Å²) in [5.41, 5.74) is 2.89. The van der Waals surface area contributed by atoms with Gasteiger partial charge in [0.05, 0.1) is 14.2 Å². The van der Waals surface area contributed by atoms with Gasteiger partial charge in [-0.2, -0.15) is 0 Å². The number of amides is 1. The van der Waals surface area contributed by atoms with Crippen LogP contribution >= 0.6 is 0 Å². The van der Waals surface area contributed by atoms with Crippen molar-refractivity contribution in [2.45, 2.75) is 26.2 Å². The third kappa shape index (κ3) is 5.68. The molecule has 1 amide bonds. The molecule has 0 saturated heterocycles. The van der Waals surface area contributed by atoms with Crippen molar-refractivity contribution in [3.05, 3.63) is 59.7 Å². The van der Waals surface area contributed by atoms with Crippen molar-refractivity contribution >= 4 is 17.7 Å². The molecular formula is C21H25NO3. The standard InChI is InChI=1S/C21H25NO3/c1-4-5-6-16-7-11-18(12-8-16)22-21(23)14-10-17-9-13-19(24-2)15-20(17)25-3/h7-15H,4-6H2,1-3H3,(H,22,23)/b14-10+. The van der Waals surface area contributed by atoms with E-state index in [1.54, 1.807) is 26.4 Å². The zero-order chi connectivity index (χ0) is 18.1. The molecular weight excluding hydrogens is 314 g/mol.